The van der Waals surface area contributed by atoms with E-state index in [2.05, 4.69) is 21.7 Å². The van der Waals surface area contributed by atoms with Crippen molar-refractivity contribution < 1.29 is 9.84 Å². The van der Waals surface area contributed by atoms with Gasteiger partial charge in [-0.05, 0) is 17.2 Å². The van der Waals surface area contributed by atoms with Gasteiger partial charge in [-0.2, -0.15) is 0 Å². The monoisotopic (exact) mass is 339 g/mol. The second-order valence-electron chi connectivity index (χ2n) is 6.18. The summed E-state index contributed by atoms with van der Waals surface area (Å²) in [5.41, 5.74) is 2.36. The Morgan fingerprint density at radius 2 is 1.92 bits per heavy atom. The summed E-state index contributed by atoms with van der Waals surface area (Å²) in [4.78, 5) is 4.26. The molecule has 1 aliphatic heterocycles. The lowest BCUT2D eigenvalue weighted by Crippen LogP contribution is -2.43. The molecule has 0 amide bonds. The standard InChI is InChI=1S/C20H25N3O2/c1-21-20(22-12-17(14-24)15-7-3-2-4-8-15)23-13-18-11-16-9-5-6-10-19(16)25-18/h2-10,17-18,24H,11-14H2,1H3,(H2,21,22,23). The van der Waals surface area contributed by atoms with Gasteiger partial charge in [0, 0.05) is 25.9 Å². The maximum absolute atomic E-state index is 9.65. The zero-order valence-electron chi connectivity index (χ0n) is 14.5. The molecule has 25 heavy (non-hydrogen) atoms. The van der Waals surface area contributed by atoms with Gasteiger partial charge in [-0.3, -0.25) is 4.99 Å². The number of guanidine groups is 1. The molecule has 1 heterocycles. The molecule has 2 unspecified atom stereocenters. The number of benzene rings is 2. The van der Waals surface area contributed by atoms with Gasteiger partial charge in [0.25, 0.3) is 0 Å². The van der Waals surface area contributed by atoms with Gasteiger partial charge in [0.2, 0.25) is 0 Å². The highest BCUT2D eigenvalue weighted by Gasteiger charge is 2.22. The first-order valence-electron chi connectivity index (χ1n) is 8.65. The van der Waals surface area contributed by atoms with Gasteiger partial charge in [-0.15, -0.1) is 0 Å². The number of fused-ring (bicyclic) bond motifs is 1. The Morgan fingerprint density at radius 3 is 2.64 bits per heavy atom. The molecule has 132 valence electrons. The predicted octanol–water partition coefficient (Wildman–Crippen LogP) is 1.93. The van der Waals surface area contributed by atoms with Gasteiger partial charge in [0.15, 0.2) is 5.96 Å². The fraction of sp³-hybridized carbons (Fsp3) is 0.350. The fourth-order valence-corrected chi connectivity index (χ4v) is 3.03. The first kappa shape index (κ1) is 17.3. The highest BCUT2D eigenvalue weighted by molar-refractivity contribution is 5.79. The van der Waals surface area contributed by atoms with Crippen molar-refractivity contribution in [3.63, 3.8) is 0 Å². The van der Waals surface area contributed by atoms with Crippen molar-refractivity contribution in [3.8, 4) is 5.75 Å². The second kappa shape index (κ2) is 8.53. The van der Waals surface area contributed by atoms with Gasteiger partial charge in [0.1, 0.15) is 11.9 Å². The average molecular weight is 339 g/mol. The van der Waals surface area contributed by atoms with E-state index in [1.54, 1.807) is 7.05 Å². The molecule has 1 aliphatic rings. The van der Waals surface area contributed by atoms with Crippen LogP contribution in [0.4, 0.5) is 0 Å². The molecule has 2 aromatic rings. The van der Waals surface area contributed by atoms with Crippen LogP contribution in [0.1, 0.15) is 17.0 Å². The minimum absolute atomic E-state index is 0.0340. The van der Waals surface area contributed by atoms with Crippen molar-refractivity contribution in [1.29, 1.82) is 0 Å². The summed E-state index contributed by atoms with van der Waals surface area (Å²) < 4.78 is 5.93. The number of nitrogens with one attached hydrogen (secondary N) is 2. The van der Waals surface area contributed by atoms with Crippen molar-refractivity contribution in [2.24, 2.45) is 4.99 Å². The van der Waals surface area contributed by atoms with Crippen LogP contribution in [0, 0.1) is 0 Å². The van der Waals surface area contributed by atoms with E-state index in [9.17, 15) is 5.11 Å². The SMILES string of the molecule is CN=C(NCC1Cc2ccccc2O1)NCC(CO)c1ccccc1. The third kappa shape index (κ3) is 4.51. The van der Waals surface area contributed by atoms with Crippen LogP contribution in [0.2, 0.25) is 0 Å². The van der Waals surface area contributed by atoms with Crippen molar-refractivity contribution in [3.05, 3.63) is 65.7 Å². The smallest absolute Gasteiger partial charge is 0.191 e. The molecule has 0 aliphatic carbocycles. The van der Waals surface area contributed by atoms with Gasteiger partial charge in [-0.1, -0.05) is 48.5 Å². The Bertz CT molecular complexity index is 678. The number of aliphatic hydroxyl groups is 1. The van der Waals surface area contributed by atoms with Gasteiger partial charge in [-0.25, -0.2) is 0 Å². The van der Waals surface area contributed by atoms with Gasteiger partial charge < -0.3 is 20.5 Å². The van der Waals surface area contributed by atoms with Crippen LogP contribution < -0.4 is 15.4 Å². The van der Waals surface area contributed by atoms with Gasteiger partial charge >= 0.3 is 0 Å². The molecule has 0 aromatic heterocycles. The molecule has 2 atom stereocenters. The summed E-state index contributed by atoms with van der Waals surface area (Å²) in [5, 5.41) is 16.2. The third-order valence-corrected chi connectivity index (χ3v) is 4.44. The molecular weight excluding hydrogens is 314 g/mol. The fourth-order valence-electron chi connectivity index (χ4n) is 3.03. The van der Waals surface area contributed by atoms with E-state index in [-0.39, 0.29) is 18.6 Å². The molecule has 2 aromatic carbocycles. The molecule has 3 N–H and O–H groups in total. The average Bonchev–Trinajstić information content (AvgIpc) is 3.08. The van der Waals surface area contributed by atoms with Crippen LogP contribution in [0.3, 0.4) is 0 Å². The number of aliphatic imine (C=N–C) groups is 1. The van der Waals surface area contributed by atoms with Crippen LogP contribution in [0.5, 0.6) is 5.75 Å². The van der Waals surface area contributed by atoms with Crippen LogP contribution in [0.25, 0.3) is 0 Å². The van der Waals surface area contributed by atoms with E-state index >= 15 is 0 Å². The van der Waals surface area contributed by atoms with E-state index < -0.39 is 0 Å². The lowest BCUT2D eigenvalue weighted by Gasteiger charge is -2.19. The summed E-state index contributed by atoms with van der Waals surface area (Å²) >= 11 is 0. The van der Waals surface area contributed by atoms with Crippen LogP contribution >= 0.6 is 0 Å². The number of para-hydroxylation sites is 1. The van der Waals surface area contributed by atoms with Crippen molar-refractivity contribution >= 4 is 5.96 Å². The highest BCUT2D eigenvalue weighted by atomic mass is 16.5. The van der Waals surface area contributed by atoms with E-state index in [1.807, 2.05) is 48.5 Å². The maximum atomic E-state index is 9.65. The number of hydrogen-bond donors (Lipinski definition) is 3. The molecule has 0 saturated carbocycles. The Morgan fingerprint density at radius 1 is 1.16 bits per heavy atom. The summed E-state index contributed by atoms with van der Waals surface area (Å²) in [5.74, 6) is 1.72. The molecule has 0 fully saturated rings. The number of ether oxygens (including phenoxy) is 1. The molecule has 5 heteroatoms. The van der Waals surface area contributed by atoms with E-state index in [0.717, 1.165) is 17.7 Å². The molecule has 0 spiro atoms. The lowest BCUT2D eigenvalue weighted by atomic mass is 10.0. The molecular formula is C20H25N3O2. The molecule has 0 radical (unpaired) electrons. The quantitative estimate of drug-likeness (QED) is 0.556. The topological polar surface area (TPSA) is 65.9 Å². The third-order valence-electron chi connectivity index (χ3n) is 4.44. The summed E-state index contributed by atoms with van der Waals surface area (Å²) in [6, 6.07) is 18.2. The zero-order valence-corrected chi connectivity index (χ0v) is 14.5. The predicted molar refractivity (Wildman–Crippen MR) is 100 cm³/mol. The maximum Gasteiger partial charge on any atom is 0.191 e. The first-order chi connectivity index (χ1) is 12.3. The van der Waals surface area contributed by atoms with Gasteiger partial charge in [0.05, 0.1) is 13.2 Å². The number of rotatable bonds is 6. The molecule has 5 nitrogen and oxygen atoms in total. The Balaban J connectivity index is 1.47. The van der Waals surface area contributed by atoms with Crippen LogP contribution in [0.15, 0.2) is 59.6 Å². The normalized spacial score (nSPS) is 17.5. The zero-order chi connectivity index (χ0) is 17.5. The highest BCUT2D eigenvalue weighted by Crippen LogP contribution is 2.27. The van der Waals surface area contributed by atoms with E-state index in [0.29, 0.717) is 19.0 Å². The molecule has 0 bridgehead atoms. The van der Waals surface area contributed by atoms with E-state index in [1.165, 1.54) is 5.56 Å². The first-order valence-corrected chi connectivity index (χ1v) is 8.65. The lowest BCUT2D eigenvalue weighted by molar-refractivity contribution is 0.234. The second-order valence-corrected chi connectivity index (χ2v) is 6.18. The number of nitrogens with zero attached hydrogens (tertiary/aromatic N) is 1. The summed E-state index contributed by atoms with van der Waals surface area (Å²) in [6.45, 7) is 1.39. The number of aliphatic hydroxyl groups excluding tert-OH is 1. The largest absolute Gasteiger partial charge is 0.488 e. The minimum atomic E-state index is 0.0340. The van der Waals surface area contributed by atoms with Crippen molar-refractivity contribution in [2.45, 2.75) is 18.4 Å². The Kier molecular flexibility index (Phi) is 5.90. The molecule has 0 saturated heterocycles. The summed E-state index contributed by atoms with van der Waals surface area (Å²) in [6.07, 6.45) is 1.02. The van der Waals surface area contributed by atoms with Crippen molar-refractivity contribution in [2.75, 3.05) is 26.7 Å². The number of hydrogen-bond acceptors (Lipinski definition) is 3. The van der Waals surface area contributed by atoms with Crippen molar-refractivity contribution in [1.82, 2.24) is 10.6 Å². The minimum Gasteiger partial charge on any atom is -0.488 e. The van der Waals surface area contributed by atoms with E-state index in [4.69, 9.17) is 4.74 Å². The molecule has 3 rings (SSSR count). The Hall–Kier alpha value is -2.53. The Labute approximate surface area is 148 Å². The van der Waals surface area contributed by atoms with Crippen LogP contribution in [-0.4, -0.2) is 43.9 Å². The summed E-state index contributed by atoms with van der Waals surface area (Å²) in [7, 11) is 1.75. The van der Waals surface area contributed by atoms with Crippen LogP contribution in [-0.2, 0) is 6.42 Å².